The van der Waals surface area contributed by atoms with E-state index < -0.39 is 0 Å². The monoisotopic (exact) mass is 429 g/mol. The Hall–Kier alpha value is -2.38. The molecule has 7 heteroatoms. The highest BCUT2D eigenvalue weighted by molar-refractivity contribution is 6.09. The maximum Gasteiger partial charge on any atom is 0.246 e. The van der Waals surface area contributed by atoms with Gasteiger partial charge in [-0.25, -0.2) is 0 Å². The number of hydrogen-bond acceptors (Lipinski definition) is 6. The maximum atomic E-state index is 12.6. The SMILES string of the molecule is CCOc1ccc(C(=O)C=CC(=O)N2CCC(N3CCCN(C)CC3)CC2)c(OC)c1. The lowest BCUT2D eigenvalue weighted by Gasteiger charge is -2.37. The molecule has 0 saturated carbocycles. The molecule has 0 aliphatic carbocycles. The molecule has 0 radical (unpaired) electrons. The van der Waals surface area contributed by atoms with Crippen LogP contribution in [-0.2, 0) is 4.79 Å². The number of hydrogen-bond donors (Lipinski definition) is 0. The van der Waals surface area contributed by atoms with Crippen molar-refractivity contribution in [1.82, 2.24) is 14.7 Å². The summed E-state index contributed by atoms with van der Waals surface area (Å²) in [5, 5.41) is 0. The molecule has 2 aliphatic rings. The zero-order valence-corrected chi connectivity index (χ0v) is 19.0. The van der Waals surface area contributed by atoms with E-state index in [2.05, 4.69) is 16.8 Å². The number of amides is 1. The van der Waals surface area contributed by atoms with Gasteiger partial charge in [0.25, 0.3) is 0 Å². The van der Waals surface area contributed by atoms with Gasteiger partial charge >= 0.3 is 0 Å². The van der Waals surface area contributed by atoms with E-state index in [1.807, 2.05) is 11.8 Å². The quantitative estimate of drug-likeness (QED) is 0.490. The van der Waals surface area contributed by atoms with Crippen LogP contribution in [0.4, 0.5) is 0 Å². The molecular weight excluding hydrogens is 394 g/mol. The Labute approximate surface area is 185 Å². The Kier molecular flexibility index (Phi) is 8.49. The van der Waals surface area contributed by atoms with Gasteiger partial charge in [0.15, 0.2) is 5.78 Å². The van der Waals surface area contributed by atoms with Gasteiger partial charge in [-0.1, -0.05) is 0 Å². The molecule has 1 aromatic carbocycles. The number of rotatable bonds is 7. The summed E-state index contributed by atoms with van der Waals surface area (Å²) in [6.45, 7) is 8.42. The molecule has 0 bridgehead atoms. The Bertz CT molecular complexity index is 787. The van der Waals surface area contributed by atoms with E-state index in [0.29, 0.717) is 29.7 Å². The number of carbonyl (C=O) groups is 2. The Balaban J connectivity index is 1.53. The van der Waals surface area contributed by atoms with Gasteiger partial charge in [0.1, 0.15) is 11.5 Å². The number of likely N-dealkylation sites (N-methyl/N-ethyl adjacent to an activating group) is 1. The fourth-order valence-corrected chi connectivity index (χ4v) is 4.36. The first-order chi connectivity index (χ1) is 15.0. The Morgan fingerprint density at radius 3 is 2.55 bits per heavy atom. The molecule has 170 valence electrons. The van der Waals surface area contributed by atoms with Crippen LogP contribution in [0.5, 0.6) is 11.5 Å². The minimum atomic E-state index is -0.253. The first-order valence-corrected chi connectivity index (χ1v) is 11.3. The maximum absolute atomic E-state index is 12.6. The molecule has 2 fully saturated rings. The van der Waals surface area contributed by atoms with E-state index in [4.69, 9.17) is 9.47 Å². The van der Waals surface area contributed by atoms with Crippen molar-refractivity contribution in [3.8, 4) is 11.5 Å². The van der Waals surface area contributed by atoms with Crippen molar-refractivity contribution in [2.24, 2.45) is 0 Å². The van der Waals surface area contributed by atoms with Crippen LogP contribution >= 0.6 is 0 Å². The number of likely N-dealkylation sites (tertiary alicyclic amines) is 1. The van der Waals surface area contributed by atoms with Crippen LogP contribution in [0.3, 0.4) is 0 Å². The Morgan fingerprint density at radius 2 is 1.84 bits per heavy atom. The number of allylic oxidation sites excluding steroid dienone is 1. The zero-order chi connectivity index (χ0) is 22.2. The minimum absolute atomic E-state index is 0.104. The van der Waals surface area contributed by atoms with Crippen molar-refractivity contribution in [1.29, 1.82) is 0 Å². The van der Waals surface area contributed by atoms with Crippen molar-refractivity contribution < 1.29 is 19.1 Å². The number of piperidine rings is 1. The molecule has 0 unspecified atom stereocenters. The number of ether oxygens (including phenoxy) is 2. The third-order valence-corrected chi connectivity index (χ3v) is 6.17. The molecule has 3 rings (SSSR count). The molecule has 7 nitrogen and oxygen atoms in total. The van der Waals surface area contributed by atoms with Gasteiger partial charge in [-0.05, 0) is 64.5 Å². The summed E-state index contributed by atoms with van der Waals surface area (Å²) in [5.41, 5.74) is 0.417. The summed E-state index contributed by atoms with van der Waals surface area (Å²) in [7, 11) is 3.70. The Morgan fingerprint density at radius 1 is 1.06 bits per heavy atom. The van der Waals surface area contributed by atoms with Crippen LogP contribution in [0.2, 0.25) is 0 Å². The standard InChI is InChI=1S/C24H35N3O4/c1-4-31-20-6-7-21(23(18-20)30-3)22(28)8-9-24(29)27-14-10-19(11-15-27)26-13-5-12-25(2)16-17-26/h6-9,18-19H,4-5,10-17H2,1-3H3. The van der Waals surface area contributed by atoms with Crippen LogP contribution < -0.4 is 9.47 Å². The number of methoxy groups -OCH3 is 1. The molecule has 0 spiro atoms. The summed E-state index contributed by atoms with van der Waals surface area (Å²) in [6, 6.07) is 5.65. The summed E-state index contributed by atoms with van der Waals surface area (Å²) in [6.07, 6.45) is 5.92. The van der Waals surface area contributed by atoms with Gasteiger partial charge in [-0.3, -0.25) is 14.5 Å². The zero-order valence-electron chi connectivity index (χ0n) is 19.0. The van der Waals surface area contributed by atoms with E-state index >= 15 is 0 Å². The van der Waals surface area contributed by atoms with Gasteiger partial charge in [0.2, 0.25) is 5.91 Å². The van der Waals surface area contributed by atoms with Crippen LogP contribution in [0.1, 0.15) is 36.5 Å². The summed E-state index contributed by atoms with van der Waals surface area (Å²) in [4.78, 5) is 32.1. The second-order valence-electron chi connectivity index (χ2n) is 8.24. The normalized spacial score (nSPS) is 19.4. The van der Waals surface area contributed by atoms with Gasteiger partial charge in [-0.15, -0.1) is 0 Å². The topological polar surface area (TPSA) is 62.3 Å². The van der Waals surface area contributed by atoms with Crippen molar-refractivity contribution >= 4 is 11.7 Å². The first-order valence-electron chi connectivity index (χ1n) is 11.3. The van der Waals surface area contributed by atoms with E-state index in [9.17, 15) is 9.59 Å². The van der Waals surface area contributed by atoms with Crippen molar-refractivity contribution in [2.45, 2.75) is 32.2 Å². The number of nitrogens with zero attached hydrogens (tertiary/aromatic N) is 3. The molecule has 2 heterocycles. The van der Waals surface area contributed by atoms with Crippen molar-refractivity contribution in [3.63, 3.8) is 0 Å². The largest absolute Gasteiger partial charge is 0.496 e. The molecule has 0 atom stereocenters. The van der Waals surface area contributed by atoms with E-state index in [-0.39, 0.29) is 11.7 Å². The number of ketones is 1. The fourth-order valence-electron chi connectivity index (χ4n) is 4.36. The van der Waals surface area contributed by atoms with Crippen LogP contribution in [0.25, 0.3) is 0 Å². The number of benzene rings is 1. The highest BCUT2D eigenvalue weighted by Crippen LogP contribution is 2.25. The molecule has 1 aromatic rings. The third-order valence-electron chi connectivity index (χ3n) is 6.17. The molecule has 0 N–H and O–H groups in total. The average Bonchev–Trinajstić information content (AvgIpc) is 3.02. The lowest BCUT2D eigenvalue weighted by molar-refractivity contribution is -0.127. The first kappa shape index (κ1) is 23.3. The summed E-state index contributed by atoms with van der Waals surface area (Å²) >= 11 is 0. The van der Waals surface area contributed by atoms with E-state index in [1.54, 1.807) is 18.2 Å². The third kappa shape index (κ3) is 6.31. The smallest absolute Gasteiger partial charge is 0.246 e. The molecule has 31 heavy (non-hydrogen) atoms. The summed E-state index contributed by atoms with van der Waals surface area (Å²) < 4.78 is 10.8. The van der Waals surface area contributed by atoms with Gasteiger partial charge in [-0.2, -0.15) is 0 Å². The van der Waals surface area contributed by atoms with Gasteiger partial charge in [0, 0.05) is 44.4 Å². The van der Waals surface area contributed by atoms with E-state index in [1.165, 1.54) is 25.7 Å². The minimum Gasteiger partial charge on any atom is -0.496 e. The van der Waals surface area contributed by atoms with Crippen LogP contribution in [0.15, 0.2) is 30.4 Å². The van der Waals surface area contributed by atoms with Crippen LogP contribution in [-0.4, -0.2) is 92.5 Å². The van der Waals surface area contributed by atoms with E-state index in [0.717, 1.165) is 52.1 Å². The highest BCUT2D eigenvalue weighted by atomic mass is 16.5. The average molecular weight is 430 g/mol. The highest BCUT2D eigenvalue weighted by Gasteiger charge is 2.27. The molecule has 0 aromatic heterocycles. The lowest BCUT2D eigenvalue weighted by atomic mass is 10.0. The fraction of sp³-hybridized carbons (Fsp3) is 0.583. The second kappa shape index (κ2) is 11.3. The van der Waals surface area contributed by atoms with Crippen molar-refractivity contribution in [2.75, 3.05) is 60.0 Å². The molecule has 1 amide bonds. The summed E-state index contributed by atoms with van der Waals surface area (Å²) in [5.74, 6) is 0.732. The predicted molar refractivity (Wildman–Crippen MR) is 121 cm³/mol. The van der Waals surface area contributed by atoms with Gasteiger partial charge < -0.3 is 19.3 Å². The number of carbonyl (C=O) groups excluding carboxylic acids is 2. The molecular formula is C24H35N3O4. The van der Waals surface area contributed by atoms with Crippen LogP contribution in [0, 0.1) is 0 Å². The van der Waals surface area contributed by atoms with Crippen molar-refractivity contribution in [3.05, 3.63) is 35.9 Å². The molecule has 2 saturated heterocycles. The molecule has 2 aliphatic heterocycles. The lowest BCUT2D eigenvalue weighted by Crippen LogP contribution is -2.47. The predicted octanol–water partition coefficient (Wildman–Crippen LogP) is 2.46. The van der Waals surface area contributed by atoms with Gasteiger partial charge in [0.05, 0.1) is 19.3 Å². The second-order valence-corrected chi connectivity index (χ2v) is 8.24.